The van der Waals surface area contributed by atoms with E-state index < -0.39 is 5.82 Å². The van der Waals surface area contributed by atoms with Gasteiger partial charge in [-0.15, -0.1) is 11.3 Å². The minimum Gasteiger partial charge on any atom is -0.288 e. The van der Waals surface area contributed by atoms with Gasteiger partial charge in [0.05, 0.1) is 14.4 Å². The Labute approximate surface area is 123 Å². The Kier molecular flexibility index (Phi) is 4.02. The second kappa shape index (κ2) is 5.18. The SMILES string of the molecule is O=C(c1csc(Br)c1)c1cc(Cl)c(Br)cc1F. The van der Waals surface area contributed by atoms with Crippen LogP contribution in [0.15, 0.2) is 31.8 Å². The predicted octanol–water partition coefficient (Wildman–Crippen LogP) is 5.30. The molecule has 0 saturated heterocycles. The van der Waals surface area contributed by atoms with Crippen LogP contribution in [-0.2, 0) is 0 Å². The summed E-state index contributed by atoms with van der Waals surface area (Å²) in [5.74, 6) is -0.965. The summed E-state index contributed by atoms with van der Waals surface area (Å²) in [6.45, 7) is 0. The summed E-state index contributed by atoms with van der Waals surface area (Å²) in [5.41, 5.74) is 0.419. The molecule has 0 spiro atoms. The quantitative estimate of drug-likeness (QED) is 0.496. The molecule has 2 rings (SSSR count). The van der Waals surface area contributed by atoms with Crippen LogP contribution in [0.2, 0.25) is 5.02 Å². The number of hydrogen-bond acceptors (Lipinski definition) is 2. The summed E-state index contributed by atoms with van der Waals surface area (Å²) in [5, 5.41) is 1.98. The van der Waals surface area contributed by atoms with Crippen LogP contribution >= 0.6 is 54.8 Å². The molecule has 0 saturated carbocycles. The fourth-order valence-corrected chi connectivity index (χ4v) is 2.90. The topological polar surface area (TPSA) is 17.1 Å². The lowest BCUT2D eigenvalue weighted by Crippen LogP contribution is -2.03. The van der Waals surface area contributed by atoms with Crippen LogP contribution in [-0.4, -0.2) is 5.78 Å². The molecule has 0 aliphatic heterocycles. The van der Waals surface area contributed by atoms with Crippen LogP contribution in [0, 0.1) is 5.82 Å². The van der Waals surface area contributed by atoms with E-state index in [-0.39, 0.29) is 11.3 Å². The average Bonchev–Trinajstić information content (AvgIpc) is 2.69. The fraction of sp³-hybridized carbons (Fsp3) is 0. The summed E-state index contributed by atoms with van der Waals surface area (Å²) in [4.78, 5) is 12.0. The third kappa shape index (κ3) is 2.78. The molecule has 0 radical (unpaired) electrons. The van der Waals surface area contributed by atoms with Gasteiger partial charge in [0.2, 0.25) is 0 Å². The molecule has 0 aliphatic rings. The Hall–Kier alpha value is -0.230. The predicted molar refractivity (Wildman–Crippen MR) is 74.6 cm³/mol. The normalized spacial score (nSPS) is 10.6. The summed E-state index contributed by atoms with van der Waals surface area (Å²) in [6.07, 6.45) is 0. The molecule has 6 heteroatoms. The van der Waals surface area contributed by atoms with Crippen LogP contribution in [0.4, 0.5) is 4.39 Å². The highest BCUT2D eigenvalue weighted by atomic mass is 79.9. The number of ketones is 1. The molecule has 1 nitrogen and oxygen atoms in total. The Bertz CT molecular complexity index is 597. The van der Waals surface area contributed by atoms with Crippen molar-refractivity contribution in [3.63, 3.8) is 0 Å². The zero-order chi connectivity index (χ0) is 12.6. The first-order valence-corrected chi connectivity index (χ1v) is 7.26. The lowest BCUT2D eigenvalue weighted by Gasteiger charge is -2.03. The third-order valence-electron chi connectivity index (χ3n) is 2.08. The van der Waals surface area contributed by atoms with Crippen molar-refractivity contribution in [1.29, 1.82) is 0 Å². The minimum atomic E-state index is -0.589. The van der Waals surface area contributed by atoms with E-state index in [1.165, 1.54) is 23.5 Å². The van der Waals surface area contributed by atoms with Crippen molar-refractivity contribution in [3.8, 4) is 0 Å². The van der Waals surface area contributed by atoms with Gasteiger partial charge in [-0.05, 0) is 50.1 Å². The van der Waals surface area contributed by atoms with E-state index in [2.05, 4.69) is 31.9 Å². The van der Waals surface area contributed by atoms with E-state index in [0.717, 1.165) is 3.79 Å². The highest BCUT2D eigenvalue weighted by Gasteiger charge is 2.17. The van der Waals surface area contributed by atoms with Crippen LogP contribution in [0.3, 0.4) is 0 Å². The maximum atomic E-state index is 13.7. The molecule has 0 N–H and O–H groups in total. The molecule has 0 fully saturated rings. The first kappa shape index (κ1) is 13.2. The van der Waals surface area contributed by atoms with Gasteiger partial charge >= 0.3 is 0 Å². The Morgan fingerprint density at radius 2 is 2.00 bits per heavy atom. The highest BCUT2D eigenvalue weighted by Crippen LogP contribution is 2.28. The van der Waals surface area contributed by atoms with Crippen molar-refractivity contribution in [2.24, 2.45) is 0 Å². The van der Waals surface area contributed by atoms with Gasteiger partial charge in [0.15, 0.2) is 5.78 Å². The largest absolute Gasteiger partial charge is 0.288 e. The maximum absolute atomic E-state index is 13.7. The molecule has 88 valence electrons. The number of benzene rings is 1. The number of carbonyl (C=O) groups excluding carboxylic acids is 1. The van der Waals surface area contributed by atoms with Gasteiger partial charge in [0.1, 0.15) is 5.82 Å². The average molecular weight is 398 g/mol. The smallest absolute Gasteiger partial charge is 0.196 e. The van der Waals surface area contributed by atoms with E-state index in [1.807, 2.05) is 0 Å². The number of rotatable bonds is 2. The standard InChI is InChI=1S/C11H4Br2ClFOS/c12-7-3-9(15)6(2-8(7)14)11(16)5-1-10(13)17-4-5/h1-4H. The lowest BCUT2D eigenvalue weighted by molar-refractivity contribution is 0.103. The van der Waals surface area contributed by atoms with E-state index >= 15 is 0 Å². The van der Waals surface area contributed by atoms with Gasteiger partial charge < -0.3 is 0 Å². The third-order valence-corrected chi connectivity index (χ3v) is 4.79. The van der Waals surface area contributed by atoms with Crippen molar-refractivity contribution in [1.82, 2.24) is 0 Å². The van der Waals surface area contributed by atoms with Gasteiger partial charge in [0, 0.05) is 15.4 Å². The molecule has 0 unspecified atom stereocenters. The minimum absolute atomic E-state index is 0.0245. The van der Waals surface area contributed by atoms with Crippen molar-refractivity contribution < 1.29 is 9.18 Å². The van der Waals surface area contributed by atoms with Crippen molar-refractivity contribution in [2.75, 3.05) is 0 Å². The summed E-state index contributed by atoms with van der Waals surface area (Å²) in [7, 11) is 0. The highest BCUT2D eigenvalue weighted by molar-refractivity contribution is 9.11. The first-order valence-electron chi connectivity index (χ1n) is 4.42. The van der Waals surface area contributed by atoms with Gasteiger partial charge in [-0.3, -0.25) is 4.79 Å². The number of thiophene rings is 1. The number of carbonyl (C=O) groups is 1. The van der Waals surface area contributed by atoms with Crippen LogP contribution in [0.25, 0.3) is 0 Å². The van der Waals surface area contributed by atoms with Crippen molar-refractivity contribution >= 4 is 60.6 Å². The Balaban J connectivity index is 2.47. The molecule has 17 heavy (non-hydrogen) atoms. The summed E-state index contributed by atoms with van der Waals surface area (Å²) < 4.78 is 14.9. The van der Waals surface area contributed by atoms with E-state index in [4.69, 9.17) is 11.6 Å². The van der Waals surface area contributed by atoms with Crippen molar-refractivity contribution in [2.45, 2.75) is 0 Å². The number of hydrogen-bond donors (Lipinski definition) is 0. The molecule has 2 aromatic rings. The molecular formula is C11H4Br2ClFOS. The van der Waals surface area contributed by atoms with E-state index in [0.29, 0.717) is 15.1 Å². The van der Waals surface area contributed by atoms with Gasteiger partial charge in [0.25, 0.3) is 0 Å². The van der Waals surface area contributed by atoms with Gasteiger partial charge in [-0.1, -0.05) is 11.6 Å². The molecule has 0 bridgehead atoms. The van der Waals surface area contributed by atoms with Gasteiger partial charge in [-0.2, -0.15) is 0 Å². The van der Waals surface area contributed by atoms with Crippen molar-refractivity contribution in [3.05, 3.63) is 53.8 Å². The summed E-state index contributed by atoms with van der Waals surface area (Å²) >= 11 is 13.6. The monoisotopic (exact) mass is 396 g/mol. The van der Waals surface area contributed by atoms with Crippen LogP contribution < -0.4 is 0 Å². The fourth-order valence-electron chi connectivity index (χ4n) is 1.28. The molecular weight excluding hydrogens is 394 g/mol. The van der Waals surface area contributed by atoms with E-state index in [9.17, 15) is 9.18 Å². The lowest BCUT2D eigenvalue weighted by atomic mass is 10.1. The molecule has 1 aromatic carbocycles. The second-order valence-corrected chi connectivity index (χ2v) is 6.77. The first-order chi connectivity index (χ1) is 7.99. The second-order valence-electron chi connectivity index (χ2n) is 3.21. The zero-order valence-corrected chi connectivity index (χ0v) is 12.9. The Morgan fingerprint density at radius 1 is 1.29 bits per heavy atom. The molecule has 0 amide bonds. The van der Waals surface area contributed by atoms with Gasteiger partial charge in [-0.25, -0.2) is 4.39 Å². The molecule has 1 aromatic heterocycles. The Morgan fingerprint density at radius 3 is 2.59 bits per heavy atom. The maximum Gasteiger partial charge on any atom is 0.196 e. The molecule has 0 atom stereocenters. The molecule has 1 heterocycles. The summed E-state index contributed by atoms with van der Waals surface area (Å²) in [6, 6.07) is 4.17. The number of halogens is 4. The van der Waals surface area contributed by atoms with Crippen LogP contribution in [0.5, 0.6) is 0 Å². The van der Waals surface area contributed by atoms with E-state index in [1.54, 1.807) is 11.4 Å². The molecule has 0 aliphatic carbocycles. The zero-order valence-electron chi connectivity index (χ0n) is 8.14. The van der Waals surface area contributed by atoms with Crippen LogP contribution in [0.1, 0.15) is 15.9 Å².